The van der Waals surface area contributed by atoms with Crippen molar-refractivity contribution < 1.29 is 9.53 Å². The Bertz CT molecular complexity index is 608. The summed E-state index contributed by atoms with van der Waals surface area (Å²) in [6, 6.07) is 9.47. The van der Waals surface area contributed by atoms with E-state index in [1.165, 1.54) is 0 Å². The summed E-state index contributed by atoms with van der Waals surface area (Å²) in [6.07, 6.45) is 0.658. The number of rotatable bonds is 7. The van der Waals surface area contributed by atoms with Crippen molar-refractivity contribution in [2.24, 2.45) is 0 Å². The smallest absolute Gasteiger partial charge is 0.142 e. The van der Waals surface area contributed by atoms with Crippen LogP contribution in [0.2, 0.25) is 5.02 Å². The molecule has 0 saturated carbocycles. The Kier molecular flexibility index (Phi) is 5.39. The number of carbonyl (C=O) groups excluding carboxylic acids is 1. The molecule has 0 unspecified atom stereocenters. The van der Waals surface area contributed by atoms with E-state index >= 15 is 0 Å². The fourth-order valence-electron chi connectivity index (χ4n) is 2.11. The van der Waals surface area contributed by atoms with Gasteiger partial charge in [0.1, 0.15) is 11.5 Å². The minimum absolute atomic E-state index is 0.0995. The van der Waals surface area contributed by atoms with Crippen LogP contribution in [-0.2, 0) is 17.8 Å². The molecule has 0 aliphatic heterocycles. The molecule has 0 radical (unpaired) electrons. The van der Waals surface area contributed by atoms with Gasteiger partial charge >= 0.3 is 0 Å². The molecule has 2 rings (SSSR count). The lowest BCUT2D eigenvalue weighted by Crippen LogP contribution is -2.12. The third-order valence-corrected chi connectivity index (χ3v) is 3.70. The lowest BCUT2D eigenvalue weighted by molar-refractivity contribution is -0.119. The predicted molar refractivity (Wildman–Crippen MR) is 82.9 cm³/mol. The Morgan fingerprint density at radius 2 is 2.05 bits per heavy atom. The highest BCUT2D eigenvalue weighted by molar-refractivity contribution is 6.32. The van der Waals surface area contributed by atoms with E-state index < -0.39 is 0 Å². The van der Waals surface area contributed by atoms with Gasteiger partial charge in [-0.25, -0.2) is 0 Å². The Morgan fingerprint density at radius 3 is 2.71 bits per heavy atom. The molecule has 0 amide bonds. The third-order valence-electron chi connectivity index (χ3n) is 3.21. The topological polar surface area (TPSA) is 44.1 Å². The minimum atomic E-state index is 0.0995. The molecule has 5 heteroatoms. The quantitative estimate of drug-likeness (QED) is 0.787. The summed E-state index contributed by atoms with van der Waals surface area (Å²) in [6.45, 7) is 4.91. The largest absolute Gasteiger partial charge is 0.493 e. The first-order valence-corrected chi connectivity index (χ1v) is 7.41. The van der Waals surface area contributed by atoms with Gasteiger partial charge in [-0.2, -0.15) is 5.10 Å². The number of aromatic nitrogens is 2. The van der Waals surface area contributed by atoms with E-state index in [4.69, 9.17) is 16.3 Å². The predicted octanol–water partition coefficient (Wildman–Crippen LogP) is 3.45. The van der Waals surface area contributed by atoms with Crippen LogP contribution in [0.1, 0.15) is 24.7 Å². The molecule has 2 aromatic rings. The second kappa shape index (κ2) is 7.27. The average Bonchev–Trinajstić information content (AvgIpc) is 2.76. The van der Waals surface area contributed by atoms with Crippen molar-refractivity contribution in [2.45, 2.75) is 33.2 Å². The lowest BCUT2D eigenvalue weighted by Gasteiger charge is -2.07. The van der Waals surface area contributed by atoms with Gasteiger partial charge in [0.05, 0.1) is 29.4 Å². The summed E-state index contributed by atoms with van der Waals surface area (Å²) in [5.74, 6) is 0.875. The molecule has 1 heterocycles. The number of carbonyl (C=O) groups is 1. The maximum atomic E-state index is 12.1. The molecule has 0 bridgehead atoms. The lowest BCUT2D eigenvalue weighted by atomic mass is 10.1. The summed E-state index contributed by atoms with van der Waals surface area (Å²) < 4.78 is 7.32. The van der Waals surface area contributed by atoms with Gasteiger partial charge in [0, 0.05) is 13.0 Å². The van der Waals surface area contributed by atoms with Crippen molar-refractivity contribution in [3.63, 3.8) is 0 Å². The van der Waals surface area contributed by atoms with Crippen molar-refractivity contribution in [1.29, 1.82) is 0 Å². The Hall–Kier alpha value is -1.81. The van der Waals surface area contributed by atoms with Gasteiger partial charge < -0.3 is 4.74 Å². The van der Waals surface area contributed by atoms with Gasteiger partial charge in [-0.1, -0.05) is 29.8 Å². The van der Waals surface area contributed by atoms with Gasteiger partial charge in [-0.3, -0.25) is 9.48 Å². The van der Waals surface area contributed by atoms with E-state index in [2.05, 4.69) is 5.10 Å². The molecule has 21 heavy (non-hydrogen) atoms. The molecule has 1 aromatic carbocycles. The van der Waals surface area contributed by atoms with E-state index in [0.29, 0.717) is 31.0 Å². The van der Waals surface area contributed by atoms with Crippen LogP contribution in [0, 0.1) is 6.92 Å². The fourth-order valence-corrected chi connectivity index (χ4v) is 2.31. The maximum absolute atomic E-state index is 12.1. The Balaban J connectivity index is 1.88. The number of ketones is 1. The highest BCUT2D eigenvalue weighted by atomic mass is 35.5. The number of hydrogen-bond acceptors (Lipinski definition) is 3. The second-order valence-corrected chi connectivity index (χ2v) is 5.17. The van der Waals surface area contributed by atoms with Gasteiger partial charge in [-0.15, -0.1) is 0 Å². The summed E-state index contributed by atoms with van der Waals surface area (Å²) in [5.41, 5.74) is 1.56. The van der Waals surface area contributed by atoms with E-state index in [9.17, 15) is 4.79 Å². The molecule has 0 aliphatic carbocycles. The SMILES string of the molecule is CCn1nc(C)c(Cl)c1CC(=O)CCOc1ccccc1. The van der Waals surface area contributed by atoms with Gasteiger partial charge in [0.2, 0.25) is 0 Å². The van der Waals surface area contributed by atoms with Crippen LogP contribution in [0.5, 0.6) is 5.75 Å². The molecule has 0 atom stereocenters. The molecule has 0 spiro atoms. The fraction of sp³-hybridized carbons (Fsp3) is 0.375. The first kappa shape index (κ1) is 15.6. The zero-order chi connectivity index (χ0) is 15.2. The third kappa shape index (κ3) is 4.08. The molecule has 0 fully saturated rings. The number of para-hydroxylation sites is 1. The van der Waals surface area contributed by atoms with Crippen LogP contribution in [0.4, 0.5) is 0 Å². The highest BCUT2D eigenvalue weighted by Crippen LogP contribution is 2.21. The van der Waals surface area contributed by atoms with Crippen molar-refractivity contribution >= 4 is 17.4 Å². The van der Waals surface area contributed by atoms with Crippen molar-refractivity contribution in [1.82, 2.24) is 9.78 Å². The van der Waals surface area contributed by atoms with Gasteiger partial charge in [0.15, 0.2) is 0 Å². The minimum Gasteiger partial charge on any atom is -0.493 e. The highest BCUT2D eigenvalue weighted by Gasteiger charge is 2.15. The van der Waals surface area contributed by atoms with E-state index in [1.807, 2.05) is 44.2 Å². The second-order valence-electron chi connectivity index (χ2n) is 4.79. The number of halogens is 1. The molecular weight excluding hydrogens is 288 g/mol. The van der Waals surface area contributed by atoms with E-state index in [-0.39, 0.29) is 5.78 Å². The summed E-state index contributed by atoms with van der Waals surface area (Å²) in [5, 5.41) is 4.90. The standard InChI is InChI=1S/C16H19ClN2O2/c1-3-19-15(16(17)12(2)18-19)11-13(20)9-10-21-14-7-5-4-6-8-14/h4-8H,3,9-11H2,1-2H3. The summed E-state index contributed by atoms with van der Waals surface area (Å²) in [4.78, 5) is 12.1. The molecule has 0 aliphatic rings. The zero-order valence-corrected chi connectivity index (χ0v) is 13.1. The number of benzene rings is 1. The van der Waals surface area contributed by atoms with Crippen LogP contribution >= 0.6 is 11.6 Å². The van der Waals surface area contributed by atoms with Gasteiger partial charge in [-0.05, 0) is 26.0 Å². The number of ether oxygens (including phenoxy) is 1. The normalized spacial score (nSPS) is 10.6. The van der Waals surface area contributed by atoms with Crippen molar-refractivity contribution in [3.8, 4) is 5.75 Å². The number of aryl methyl sites for hydroxylation is 2. The maximum Gasteiger partial charge on any atom is 0.142 e. The zero-order valence-electron chi connectivity index (χ0n) is 12.3. The summed E-state index contributed by atoms with van der Waals surface area (Å²) in [7, 11) is 0. The number of Topliss-reactive ketones (excluding diaryl/α,β-unsaturated/α-hetero) is 1. The first-order chi connectivity index (χ1) is 10.1. The molecule has 0 saturated heterocycles. The van der Waals surface area contributed by atoms with Crippen LogP contribution < -0.4 is 4.74 Å². The monoisotopic (exact) mass is 306 g/mol. The Morgan fingerprint density at radius 1 is 1.33 bits per heavy atom. The molecule has 112 valence electrons. The number of nitrogens with zero attached hydrogens (tertiary/aromatic N) is 2. The molecule has 0 N–H and O–H groups in total. The van der Waals surface area contributed by atoms with Crippen molar-refractivity contribution in [3.05, 3.63) is 46.7 Å². The van der Waals surface area contributed by atoms with Crippen molar-refractivity contribution in [2.75, 3.05) is 6.61 Å². The van der Waals surface area contributed by atoms with Crippen LogP contribution in [0.15, 0.2) is 30.3 Å². The van der Waals surface area contributed by atoms with E-state index in [1.54, 1.807) is 4.68 Å². The number of hydrogen-bond donors (Lipinski definition) is 0. The Labute approximate surface area is 129 Å². The average molecular weight is 307 g/mol. The molecular formula is C16H19ClN2O2. The van der Waals surface area contributed by atoms with Crippen LogP contribution in [0.25, 0.3) is 0 Å². The van der Waals surface area contributed by atoms with Crippen LogP contribution in [-0.4, -0.2) is 22.2 Å². The summed E-state index contributed by atoms with van der Waals surface area (Å²) >= 11 is 6.20. The molecule has 4 nitrogen and oxygen atoms in total. The van der Waals surface area contributed by atoms with Gasteiger partial charge in [0.25, 0.3) is 0 Å². The molecule has 1 aromatic heterocycles. The van der Waals surface area contributed by atoms with E-state index in [0.717, 1.165) is 17.1 Å². The first-order valence-electron chi connectivity index (χ1n) is 7.03. The van der Waals surface area contributed by atoms with Crippen LogP contribution in [0.3, 0.4) is 0 Å².